The second-order valence-corrected chi connectivity index (χ2v) is 4.40. The summed E-state index contributed by atoms with van der Waals surface area (Å²) in [4.78, 5) is 17.4. The topological polar surface area (TPSA) is 51.7 Å². The van der Waals surface area contributed by atoms with Crippen LogP contribution in [0.4, 0.5) is 0 Å². The molecule has 1 atom stereocenters. The first-order valence-electron chi connectivity index (χ1n) is 6.09. The normalized spacial score (nSPS) is 20.3. The minimum absolute atomic E-state index is 0.0475. The molecule has 2 rings (SSSR count). The number of carbonyl (C=O) groups is 1. The maximum atomic E-state index is 11.4. The molecule has 0 spiro atoms. The fraction of sp³-hybridized carbons (Fsp3) is 0.538. The summed E-state index contributed by atoms with van der Waals surface area (Å²) in [7, 11) is 0. The maximum Gasteiger partial charge on any atom is 0.219 e. The Balaban J connectivity index is 2.01. The van der Waals surface area contributed by atoms with Gasteiger partial charge < -0.3 is 14.4 Å². The number of hydrogen-bond acceptors (Lipinski definition) is 4. The molecule has 0 aromatic carbocycles. The Morgan fingerprint density at radius 1 is 1.56 bits per heavy atom. The van der Waals surface area contributed by atoms with Crippen molar-refractivity contribution in [3.8, 4) is 5.88 Å². The molecule has 0 aliphatic carbocycles. The summed E-state index contributed by atoms with van der Waals surface area (Å²) in [5.74, 6) is 0.625. The number of carbonyl (C=O) groups excluding carboxylic acids is 1. The summed E-state index contributed by atoms with van der Waals surface area (Å²) >= 11 is 0. The lowest BCUT2D eigenvalue weighted by Crippen LogP contribution is -2.38. The van der Waals surface area contributed by atoms with Gasteiger partial charge in [0.1, 0.15) is 6.10 Å². The molecule has 2 heterocycles. The molecule has 0 saturated carbocycles. The Kier molecular flexibility index (Phi) is 4.15. The monoisotopic (exact) mass is 250 g/mol. The van der Waals surface area contributed by atoms with Crippen LogP contribution in [-0.4, -0.2) is 48.2 Å². The quantitative estimate of drug-likeness (QED) is 0.786. The molecule has 1 aromatic heterocycles. The Labute approximate surface area is 107 Å². The molecule has 1 saturated heterocycles. The van der Waals surface area contributed by atoms with Crippen molar-refractivity contribution >= 4 is 5.91 Å². The van der Waals surface area contributed by atoms with E-state index in [-0.39, 0.29) is 12.0 Å². The SMILES string of the molecule is CC(=O)N1CCOCC(Oc2cccc(C)n2)C1. The molecule has 5 heteroatoms. The first kappa shape index (κ1) is 12.8. The summed E-state index contributed by atoms with van der Waals surface area (Å²) in [5.41, 5.74) is 0.908. The van der Waals surface area contributed by atoms with Gasteiger partial charge >= 0.3 is 0 Å². The Bertz CT molecular complexity index is 422. The first-order valence-corrected chi connectivity index (χ1v) is 6.09. The molecule has 1 amide bonds. The summed E-state index contributed by atoms with van der Waals surface area (Å²) < 4.78 is 11.2. The van der Waals surface area contributed by atoms with Crippen LogP contribution in [0.3, 0.4) is 0 Å². The van der Waals surface area contributed by atoms with E-state index in [1.807, 2.05) is 25.1 Å². The largest absolute Gasteiger partial charge is 0.470 e. The van der Waals surface area contributed by atoms with Gasteiger partial charge in [0, 0.05) is 25.2 Å². The number of nitrogens with zero attached hydrogens (tertiary/aromatic N) is 2. The van der Waals surface area contributed by atoms with Crippen molar-refractivity contribution in [3.05, 3.63) is 23.9 Å². The molecule has 5 nitrogen and oxygen atoms in total. The smallest absolute Gasteiger partial charge is 0.219 e. The second kappa shape index (κ2) is 5.82. The molecule has 1 aromatic rings. The van der Waals surface area contributed by atoms with Crippen molar-refractivity contribution < 1.29 is 14.3 Å². The molecule has 0 N–H and O–H groups in total. The van der Waals surface area contributed by atoms with Gasteiger partial charge in [0.25, 0.3) is 0 Å². The number of aromatic nitrogens is 1. The molecule has 98 valence electrons. The Morgan fingerprint density at radius 2 is 2.39 bits per heavy atom. The van der Waals surface area contributed by atoms with Crippen molar-refractivity contribution in [1.82, 2.24) is 9.88 Å². The van der Waals surface area contributed by atoms with E-state index in [1.165, 1.54) is 0 Å². The van der Waals surface area contributed by atoms with E-state index in [2.05, 4.69) is 4.98 Å². The van der Waals surface area contributed by atoms with Gasteiger partial charge in [0.15, 0.2) is 0 Å². The minimum Gasteiger partial charge on any atom is -0.470 e. The van der Waals surface area contributed by atoms with Gasteiger partial charge in [0.05, 0.1) is 19.8 Å². The van der Waals surface area contributed by atoms with Crippen LogP contribution in [0.25, 0.3) is 0 Å². The fourth-order valence-corrected chi connectivity index (χ4v) is 1.89. The van der Waals surface area contributed by atoms with E-state index in [0.29, 0.717) is 32.2 Å². The van der Waals surface area contributed by atoms with E-state index >= 15 is 0 Å². The van der Waals surface area contributed by atoms with E-state index in [0.717, 1.165) is 5.69 Å². The number of hydrogen-bond donors (Lipinski definition) is 0. The standard InChI is InChI=1S/C13H18N2O3/c1-10-4-3-5-13(14-10)18-12-8-15(11(2)16)6-7-17-9-12/h3-5,12H,6-9H2,1-2H3. The molecule has 1 aliphatic heterocycles. The lowest BCUT2D eigenvalue weighted by atomic mass is 10.3. The third kappa shape index (κ3) is 3.43. The van der Waals surface area contributed by atoms with E-state index in [1.54, 1.807) is 11.8 Å². The van der Waals surface area contributed by atoms with E-state index in [4.69, 9.17) is 9.47 Å². The number of rotatable bonds is 2. The molecule has 1 unspecified atom stereocenters. The summed E-state index contributed by atoms with van der Waals surface area (Å²) in [6, 6.07) is 5.63. The van der Waals surface area contributed by atoms with Crippen LogP contribution in [0, 0.1) is 6.92 Å². The van der Waals surface area contributed by atoms with Gasteiger partial charge in [-0.2, -0.15) is 0 Å². The molecular formula is C13H18N2O3. The number of amides is 1. The van der Waals surface area contributed by atoms with Crippen molar-refractivity contribution in [3.63, 3.8) is 0 Å². The van der Waals surface area contributed by atoms with Crippen molar-refractivity contribution in [2.75, 3.05) is 26.3 Å². The van der Waals surface area contributed by atoms with Crippen LogP contribution >= 0.6 is 0 Å². The highest BCUT2D eigenvalue weighted by molar-refractivity contribution is 5.73. The lowest BCUT2D eigenvalue weighted by molar-refractivity contribution is -0.129. The number of pyridine rings is 1. The molecule has 1 aliphatic rings. The highest BCUT2D eigenvalue weighted by Crippen LogP contribution is 2.12. The maximum absolute atomic E-state index is 11.4. The van der Waals surface area contributed by atoms with Crippen molar-refractivity contribution in [1.29, 1.82) is 0 Å². The molecule has 0 radical (unpaired) electrons. The predicted molar refractivity (Wildman–Crippen MR) is 66.5 cm³/mol. The van der Waals surface area contributed by atoms with Crippen LogP contribution in [0.5, 0.6) is 5.88 Å². The predicted octanol–water partition coefficient (Wildman–Crippen LogP) is 1.02. The number of aryl methyl sites for hydroxylation is 1. The highest BCUT2D eigenvalue weighted by atomic mass is 16.5. The van der Waals surface area contributed by atoms with Crippen LogP contribution in [0.15, 0.2) is 18.2 Å². The van der Waals surface area contributed by atoms with Crippen LogP contribution < -0.4 is 4.74 Å². The van der Waals surface area contributed by atoms with Crippen molar-refractivity contribution in [2.24, 2.45) is 0 Å². The van der Waals surface area contributed by atoms with Crippen LogP contribution in [0.1, 0.15) is 12.6 Å². The van der Waals surface area contributed by atoms with Gasteiger partial charge in [-0.1, -0.05) is 6.07 Å². The lowest BCUT2D eigenvalue weighted by Gasteiger charge is -2.22. The van der Waals surface area contributed by atoms with Crippen molar-refractivity contribution in [2.45, 2.75) is 20.0 Å². The molecule has 0 bridgehead atoms. The molecular weight excluding hydrogens is 232 g/mol. The average Bonchev–Trinajstić information content (AvgIpc) is 2.55. The van der Waals surface area contributed by atoms with Crippen LogP contribution in [0.2, 0.25) is 0 Å². The average molecular weight is 250 g/mol. The molecule has 1 fully saturated rings. The van der Waals surface area contributed by atoms with Crippen LogP contribution in [-0.2, 0) is 9.53 Å². The number of ether oxygens (including phenoxy) is 2. The van der Waals surface area contributed by atoms with E-state index in [9.17, 15) is 4.79 Å². The summed E-state index contributed by atoms with van der Waals surface area (Å²) in [6.45, 7) is 5.69. The Hall–Kier alpha value is -1.62. The zero-order chi connectivity index (χ0) is 13.0. The Morgan fingerprint density at radius 3 is 3.11 bits per heavy atom. The highest BCUT2D eigenvalue weighted by Gasteiger charge is 2.21. The fourth-order valence-electron chi connectivity index (χ4n) is 1.89. The van der Waals surface area contributed by atoms with E-state index < -0.39 is 0 Å². The second-order valence-electron chi connectivity index (χ2n) is 4.40. The zero-order valence-corrected chi connectivity index (χ0v) is 10.8. The van der Waals surface area contributed by atoms with Gasteiger partial charge in [-0.3, -0.25) is 4.79 Å². The van der Waals surface area contributed by atoms with Gasteiger partial charge in [0.2, 0.25) is 11.8 Å². The first-order chi connectivity index (χ1) is 8.65. The third-order valence-electron chi connectivity index (χ3n) is 2.83. The van der Waals surface area contributed by atoms with Gasteiger partial charge in [-0.15, -0.1) is 0 Å². The zero-order valence-electron chi connectivity index (χ0n) is 10.8. The van der Waals surface area contributed by atoms with Gasteiger partial charge in [-0.25, -0.2) is 4.98 Å². The summed E-state index contributed by atoms with van der Waals surface area (Å²) in [5, 5.41) is 0. The summed E-state index contributed by atoms with van der Waals surface area (Å²) in [6.07, 6.45) is -0.161. The molecule has 18 heavy (non-hydrogen) atoms. The third-order valence-corrected chi connectivity index (χ3v) is 2.83. The minimum atomic E-state index is -0.161. The van der Waals surface area contributed by atoms with Gasteiger partial charge in [-0.05, 0) is 13.0 Å².